The van der Waals surface area contributed by atoms with Crippen molar-refractivity contribution in [2.75, 3.05) is 13.7 Å². The first-order valence-corrected chi connectivity index (χ1v) is 8.36. The SMILES string of the molecule is Cc1cc(CN(C)Cc2nc(C(C)C)no2)cc(C)c1OCC(F)(F)F. The quantitative estimate of drug-likeness (QED) is 0.723. The molecule has 0 radical (unpaired) electrons. The number of nitrogens with zero attached hydrogens (tertiary/aromatic N) is 3. The summed E-state index contributed by atoms with van der Waals surface area (Å²) in [6.07, 6.45) is -4.35. The predicted molar refractivity (Wildman–Crippen MR) is 91.0 cm³/mol. The fraction of sp³-hybridized carbons (Fsp3) is 0.556. The lowest BCUT2D eigenvalue weighted by Crippen LogP contribution is -2.20. The van der Waals surface area contributed by atoms with E-state index in [0.717, 1.165) is 5.56 Å². The van der Waals surface area contributed by atoms with Crippen LogP contribution in [-0.4, -0.2) is 34.9 Å². The highest BCUT2D eigenvalue weighted by Gasteiger charge is 2.29. The van der Waals surface area contributed by atoms with Gasteiger partial charge in [0.05, 0.1) is 6.54 Å². The zero-order chi connectivity index (χ0) is 19.5. The van der Waals surface area contributed by atoms with Crippen LogP contribution in [0.5, 0.6) is 5.75 Å². The molecule has 2 aromatic rings. The predicted octanol–water partition coefficient (Wildman–Crippen LogP) is 4.38. The summed E-state index contributed by atoms with van der Waals surface area (Å²) in [4.78, 5) is 6.34. The molecule has 0 aliphatic heterocycles. The van der Waals surface area contributed by atoms with Crippen LogP contribution < -0.4 is 4.74 Å². The van der Waals surface area contributed by atoms with Gasteiger partial charge in [-0.2, -0.15) is 18.2 Å². The summed E-state index contributed by atoms with van der Waals surface area (Å²) >= 11 is 0. The van der Waals surface area contributed by atoms with Crippen molar-refractivity contribution in [3.63, 3.8) is 0 Å². The Bertz CT molecular complexity index is 719. The molecular formula is C18H24F3N3O2. The minimum atomic E-state index is -4.35. The molecule has 0 N–H and O–H groups in total. The van der Waals surface area contributed by atoms with Crippen LogP contribution in [0.4, 0.5) is 13.2 Å². The molecular weight excluding hydrogens is 347 g/mol. The summed E-state index contributed by atoms with van der Waals surface area (Å²) in [6, 6.07) is 3.67. The monoisotopic (exact) mass is 371 g/mol. The maximum absolute atomic E-state index is 12.4. The molecule has 2 rings (SSSR count). The highest BCUT2D eigenvalue weighted by Crippen LogP contribution is 2.27. The lowest BCUT2D eigenvalue weighted by atomic mass is 10.1. The largest absolute Gasteiger partial charge is 0.484 e. The topological polar surface area (TPSA) is 51.4 Å². The van der Waals surface area contributed by atoms with Gasteiger partial charge in [0.1, 0.15) is 5.75 Å². The van der Waals surface area contributed by atoms with E-state index in [1.54, 1.807) is 13.8 Å². The van der Waals surface area contributed by atoms with Gasteiger partial charge in [-0.1, -0.05) is 31.1 Å². The highest BCUT2D eigenvalue weighted by molar-refractivity contribution is 5.43. The van der Waals surface area contributed by atoms with Crippen LogP contribution >= 0.6 is 0 Å². The molecule has 0 aliphatic carbocycles. The molecule has 0 saturated heterocycles. The first-order chi connectivity index (χ1) is 12.0. The van der Waals surface area contributed by atoms with Crippen molar-refractivity contribution in [3.8, 4) is 5.75 Å². The maximum atomic E-state index is 12.4. The lowest BCUT2D eigenvalue weighted by molar-refractivity contribution is -0.153. The Kier molecular flexibility index (Phi) is 6.28. The summed E-state index contributed by atoms with van der Waals surface area (Å²) in [5.41, 5.74) is 2.33. The van der Waals surface area contributed by atoms with Crippen LogP contribution in [0, 0.1) is 13.8 Å². The van der Waals surface area contributed by atoms with Gasteiger partial charge in [-0.25, -0.2) is 0 Å². The molecule has 0 saturated carbocycles. The van der Waals surface area contributed by atoms with Gasteiger partial charge in [0.2, 0.25) is 5.89 Å². The molecule has 0 fully saturated rings. The molecule has 5 nitrogen and oxygen atoms in total. The molecule has 8 heteroatoms. The van der Waals surface area contributed by atoms with Crippen molar-refractivity contribution in [1.29, 1.82) is 0 Å². The van der Waals surface area contributed by atoms with Crippen molar-refractivity contribution in [2.45, 2.75) is 52.9 Å². The fourth-order valence-corrected chi connectivity index (χ4v) is 2.68. The Labute approximate surface area is 151 Å². The average molecular weight is 371 g/mol. The molecule has 0 atom stereocenters. The Balaban J connectivity index is 2.02. The molecule has 0 unspecified atom stereocenters. The number of aromatic nitrogens is 2. The van der Waals surface area contributed by atoms with Crippen LogP contribution in [0.25, 0.3) is 0 Å². The summed E-state index contributed by atoms with van der Waals surface area (Å²) in [5.74, 6) is 1.69. The molecule has 0 bridgehead atoms. The van der Waals surface area contributed by atoms with Gasteiger partial charge in [0.15, 0.2) is 12.4 Å². The molecule has 0 spiro atoms. The molecule has 0 amide bonds. The van der Waals surface area contributed by atoms with Crippen molar-refractivity contribution in [2.24, 2.45) is 0 Å². The third-order valence-electron chi connectivity index (χ3n) is 3.76. The van der Waals surface area contributed by atoms with E-state index in [1.807, 2.05) is 37.9 Å². The van der Waals surface area contributed by atoms with E-state index >= 15 is 0 Å². The average Bonchev–Trinajstić information content (AvgIpc) is 2.93. The Hall–Kier alpha value is -2.09. The zero-order valence-corrected chi connectivity index (χ0v) is 15.6. The second-order valence-corrected chi connectivity index (χ2v) is 6.84. The summed E-state index contributed by atoms with van der Waals surface area (Å²) in [5, 5.41) is 3.93. The summed E-state index contributed by atoms with van der Waals surface area (Å²) in [6.45, 7) is 7.27. The standard InChI is InChI=1S/C18H24F3N3O2/c1-11(2)17-22-15(26-23-17)9-24(5)8-14-6-12(3)16(13(4)7-14)25-10-18(19,20)21/h6-7,11H,8-10H2,1-5H3. The van der Waals surface area contributed by atoms with Crippen LogP contribution in [0.2, 0.25) is 0 Å². The van der Waals surface area contributed by atoms with Crippen molar-refractivity contribution >= 4 is 0 Å². The van der Waals surface area contributed by atoms with Gasteiger partial charge in [-0.3, -0.25) is 4.90 Å². The van der Waals surface area contributed by atoms with Gasteiger partial charge in [-0.05, 0) is 37.6 Å². The third kappa shape index (κ3) is 5.72. The number of halogens is 3. The molecule has 0 aliphatic rings. The summed E-state index contributed by atoms with van der Waals surface area (Å²) < 4.78 is 47.3. The maximum Gasteiger partial charge on any atom is 0.422 e. The Morgan fingerprint density at radius 3 is 2.27 bits per heavy atom. The van der Waals surface area contributed by atoms with E-state index in [0.29, 0.717) is 35.9 Å². The fourth-order valence-electron chi connectivity index (χ4n) is 2.68. The second kappa shape index (κ2) is 8.07. The van der Waals surface area contributed by atoms with Crippen LogP contribution in [0.3, 0.4) is 0 Å². The smallest absolute Gasteiger partial charge is 0.422 e. The van der Waals surface area contributed by atoms with Crippen LogP contribution in [-0.2, 0) is 13.1 Å². The molecule has 1 aromatic heterocycles. The molecule has 1 heterocycles. The van der Waals surface area contributed by atoms with E-state index in [2.05, 4.69) is 10.1 Å². The van der Waals surface area contributed by atoms with Gasteiger partial charge in [0.25, 0.3) is 0 Å². The lowest BCUT2D eigenvalue weighted by Gasteiger charge is -2.18. The number of hydrogen-bond acceptors (Lipinski definition) is 5. The van der Waals surface area contributed by atoms with E-state index in [9.17, 15) is 13.2 Å². The molecule has 26 heavy (non-hydrogen) atoms. The van der Waals surface area contributed by atoms with Gasteiger partial charge < -0.3 is 9.26 Å². The summed E-state index contributed by atoms with van der Waals surface area (Å²) in [7, 11) is 1.91. The number of ether oxygens (including phenoxy) is 1. The number of rotatable bonds is 7. The van der Waals surface area contributed by atoms with E-state index in [-0.39, 0.29) is 11.7 Å². The van der Waals surface area contributed by atoms with E-state index < -0.39 is 12.8 Å². The first kappa shape index (κ1) is 20.2. The van der Waals surface area contributed by atoms with Crippen LogP contribution in [0.15, 0.2) is 16.7 Å². The minimum absolute atomic E-state index is 0.201. The zero-order valence-electron chi connectivity index (χ0n) is 15.6. The minimum Gasteiger partial charge on any atom is -0.484 e. The first-order valence-electron chi connectivity index (χ1n) is 8.36. The number of hydrogen-bond donors (Lipinski definition) is 0. The van der Waals surface area contributed by atoms with Crippen LogP contribution in [0.1, 0.15) is 48.2 Å². The normalized spacial score (nSPS) is 12.2. The third-order valence-corrected chi connectivity index (χ3v) is 3.76. The molecule has 1 aromatic carbocycles. The van der Waals surface area contributed by atoms with Gasteiger partial charge in [-0.15, -0.1) is 0 Å². The highest BCUT2D eigenvalue weighted by atomic mass is 19.4. The van der Waals surface area contributed by atoms with Crippen molar-refractivity contribution in [1.82, 2.24) is 15.0 Å². The van der Waals surface area contributed by atoms with Gasteiger partial charge >= 0.3 is 6.18 Å². The Morgan fingerprint density at radius 2 is 1.77 bits per heavy atom. The van der Waals surface area contributed by atoms with Crippen molar-refractivity contribution < 1.29 is 22.4 Å². The number of benzene rings is 1. The number of aryl methyl sites for hydroxylation is 2. The van der Waals surface area contributed by atoms with E-state index in [1.165, 1.54) is 0 Å². The van der Waals surface area contributed by atoms with Crippen molar-refractivity contribution in [3.05, 3.63) is 40.5 Å². The second-order valence-electron chi connectivity index (χ2n) is 6.84. The van der Waals surface area contributed by atoms with Gasteiger partial charge in [0, 0.05) is 12.5 Å². The number of alkyl halides is 3. The Morgan fingerprint density at radius 1 is 1.15 bits per heavy atom. The van der Waals surface area contributed by atoms with E-state index in [4.69, 9.17) is 9.26 Å². The molecule has 144 valence electrons.